The van der Waals surface area contributed by atoms with Gasteiger partial charge in [-0.1, -0.05) is 29.4 Å². The molecule has 0 fully saturated rings. The molecule has 3 nitrogen and oxygen atoms in total. The first-order chi connectivity index (χ1) is 10.1. The van der Waals surface area contributed by atoms with Crippen molar-refractivity contribution in [2.24, 2.45) is 0 Å². The average molecular weight is 323 g/mol. The molecule has 0 unspecified atom stereocenters. The molecule has 3 rings (SSSR count). The quantitative estimate of drug-likeness (QED) is 0.913. The van der Waals surface area contributed by atoms with Gasteiger partial charge in [0, 0.05) is 9.79 Å². The Morgan fingerprint density at radius 2 is 1.86 bits per heavy atom. The summed E-state index contributed by atoms with van der Waals surface area (Å²) in [6.07, 6.45) is -0.518. The number of ether oxygens (including phenoxy) is 2. The molecule has 110 valence electrons. The number of rotatable bonds is 3. The van der Waals surface area contributed by atoms with E-state index in [2.05, 4.69) is 0 Å². The van der Waals surface area contributed by atoms with Gasteiger partial charge in [-0.2, -0.15) is 0 Å². The van der Waals surface area contributed by atoms with Crippen LogP contribution in [0.15, 0.2) is 46.2 Å². The van der Waals surface area contributed by atoms with Crippen LogP contribution in [-0.2, 0) is 0 Å². The van der Waals surface area contributed by atoms with E-state index >= 15 is 0 Å². The van der Waals surface area contributed by atoms with Crippen LogP contribution in [0.2, 0.25) is 5.02 Å². The zero-order chi connectivity index (χ0) is 14.8. The Hall–Kier alpha value is -1.36. The molecule has 1 aliphatic rings. The third-order valence-corrected chi connectivity index (χ3v) is 4.67. The molecule has 2 aromatic carbocycles. The number of hydrogen-bond acceptors (Lipinski definition) is 4. The van der Waals surface area contributed by atoms with Crippen molar-refractivity contribution < 1.29 is 14.6 Å². The van der Waals surface area contributed by atoms with Crippen molar-refractivity contribution >= 4 is 23.4 Å². The summed E-state index contributed by atoms with van der Waals surface area (Å²) in [6, 6.07) is 11.5. The molecule has 21 heavy (non-hydrogen) atoms. The van der Waals surface area contributed by atoms with E-state index in [1.54, 1.807) is 24.8 Å². The Bertz CT molecular complexity index is 658. The number of hydrogen-bond donors (Lipinski definition) is 1. The largest absolute Gasteiger partial charge is 0.486 e. The predicted octanol–water partition coefficient (Wildman–Crippen LogP) is 4.32. The first kappa shape index (κ1) is 14.6. The summed E-state index contributed by atoms with van der Waals surface area (Å²) in [5, 5.41) is 10.2. The summed E-state index contributed by atoms with van der Waals surface area (Å²) in [4.78, 5) is 1.98. The fraction of sp³-hybridized carbons (Fsp3) is 0.250. The first-order valence-electron chi connectivity index (χ1n) is 6.68. The topological polar surface area (TPSA) is 38.7 Å². The molecule has 0 amide bonds. The van der Waals surface area contributed by atoms with Gasteiger partial charge in [0.2, 0.25) is 0 Å². The van der Waals surface area contributed by atoms with Crippen LogP contribution in [0.3, 0.4) is 0 Å². The van der Waals surface area contributed by atoms with Gasteiger partial charge in [-0.05, 0) is 42.8 Å². The maximum Gasteiger partial charge on any atom is 0.162 e. The summed E-state index contributed by atoms with van der Waals surface area (Å²) in [5.74, 6) is 1.55. The molecule has 0 radical (unpaired) electrons. The minimum atomic E-state index is -0.518. The van der Waals surface area contributed by atoms with Crippen molar-refractivity contribution in [2.75, 3.05) is 13.2 Å². The van der Waals surface area contributed by atoms with Crippen LogP contribution in [0.5, 0.6) is 11.5 Å². The molecule has 0 saturated heterocycles. The normalized spacial score (nSPS) is 14.8. The first-order valence-corrected chi connectivity index (χ1v) is 7.88. The Morgan fingerprint density at radius 3 is 2.57 bits per heavy atom. The van der Waals surface area contributed by atoms with Gasteiger partial charge in [0.25, 0.3) is 0 Å². The number of aliphatic hydroxyl groups excluding tert-OH is 1. The lowest BCUT2D eigenvalue weighted by molar-refractivity contribution is 0.171. The molecule has 0 bridgehead atoms. The molecule has 2 aromatic rings. The van der Waals surface area contributed by atoms with Gasteiger partial charge in [0.1, 0.15) is 13.2 Å². The van der Waals surface area contributed by atoms with Gasteiger partial charge in [-0.25, -0.2) is 0 Å². The molecule has 1 aliphatic heterocycles. The Kier molecular flexibility index (Phi) is 4.29. The average Bonchev–Trinajstić information content (AvgIpc) is 2.49. The third kappa shape index (κ3) is 3.28. The van der Waals surface area contributed by atoms with Crippen molar-refractivity contribution in [3.8, 4) is 11.5 Å². The van der Waals surface area contributed by atoms with E-state index in [0.717, 1.165) is 26.9 Å². The molecular weight excluding hydrogens is 308 g/mol. The number of aliphatic hydroxyl groups is 1. The van der Waals surface area contributed by atoms with Crippen LogP contribution >= 0.6 is 23.4 Å². The van der Waals surface area contributed by atoms with Crippen molar-refractivity contribution in [3.05, 3.63) is 47.0 Å². The Morgan fingerprint density at radius 1 is 1.10 bits per heavy atom. The minimum Gasteiger partial charge on any atom is -0.486 e. The van der Waals surface area contributed by atoms with E-state index in [1.165, 1.54) is 0 Å². The number of benzene rings is 2. The second-order valence-electron chi connectivity index (χ2n) is 4.77. The molecule has 0 aliphatic carbocycles. The van der Waals surface area contributed by atoms with Gasteiger partial charge < -0.3 is 14.6 Å². The number of halogens is 1. The molecular formula is C16H15ClO3S. The lowest BCUT2D eigenvalue weighted by Gasteiger charge is -2.18. The standard InChI is InChI=1S/C16H15ClO3S/c1-10(18)11-2-5-16(13(17)8-11)21-12-3-4-14-15(9-12)20-7-6-19-14/h2-5,8-10,18H,6-7H2,1H3/t10-/m0/s1. The van der Waals surface area contributed by atoms with Crippen LogP contribution in [0, 0.1) is 0 Å². The van der Waals surface area contributed by atoms with E-state index in [-0.39, 0.29) is 0 Å². The molecule has 1 N–H and O–H groups in total. The van der Waals surface area contributed by atoms with Gasteiger partial charge in [0.15, 0.2) is 11.5 Å². The molecule has 0 aromatic heterocycles. The van der Waals surface area contributed by atoms with E-state index < -0.39 is 6.10 Å². The molecule has 0 saturated carbocycles. The van der Waals surface area contributed by atoms with Crippen molar-refractivity contribution in [1.82, 2.24) is 0 Å². The summed E-state index contributed by atoms with van der Waals surface area (Å²) in [5.41, 5.74) is 0.812. The SMILES string of the molecule is C[C@H](O)c1ccc(Sc2ccc3c(c2)OCCO3)c(Cl)c1. The molecule has 1 heterocycles. The summed E-state index contributed by atoms with van der Waals surface area (Å²) in [7, 11) is 0. The van der Waals surface area contributed by atoms with Crippen LogP contribution < -0.4 is 9.47 Å². The molecule has 0 spiro atoms. The molecule has 5 heteroatoms. The zero-order valence-corrected chi connectivity index (χ0v) is 13.1. The van der Waals surface area contributed by atoms with Crippen LogP contribution in [-0.4, -0.2) is 18.3 Å². The zero-order valence-electron chi connectivity index (χ0n) is 11.5. The van der Waals surface area contributed by atoms with Crippen LogP contribution in [0.1, 0.15) is 18.6 Å². The second-order valence-corrected chi connectivity index (χ2v) is 6.30. The lowest BCUT2D eigenvalue weighted by atomic mass is 10.1. The van der Waals surface area contributed by atoms with Crippen molar-refractivity contribution in [2.45, 2.75) is 22.8 Å². The smallest absolute Gasteiger partial charge is 0.162 e. The van der Waals surface area contributed by atoms with Crippen molar-refractivity contribution in [3.63, 3.8) is 0 Å². The van der Waals surface area contributed by atoms with E-state index in [1.807, 2.05) is 30.3 Å². The molecule has 1 atom stereocenters. The highest BCUT2D eigenvalue weighted by Crippen LogP contribution is 2.39. The number of fused-ring (bicyclic) bond motifs is 1. The van der Waals surface area contributed by atoms with Gasteiger partial charge in [-0.15, -0.1) is 0 Å². The second kappa shape index (κ2) is 6.18. The maximum atomic E-state index is 9.57. The monoisotopic (exact) mass is 322 g/mol. The Balaban J connectivity index is 1.83. The summed E-state index contributed by atoms with van der Waals surface area (Å²) < 4.78 is 11.1. The van der Waals surface area contributed by atoms with Crippen molar-refractivity contribution in [1.29, 1.82) is 0 Å². The fourth-order valence-electron chi connectivity index (χ4n) is 2.07. The van der Waals surface area contributed by atoms with E-state index in [4.69, 9.17) is 21.1 Å². The fourth-order valence-corrected chi connectivity index (χ4v) is 3.23. The highest BCUT2D eigenvalue weighted by Gasteiger charge is 2.13. The highest BCUT2D eigenvalue weighted by atomic mass is 35.5. The van der Waals surface area contributed by atoms with E-state index in [9.17, 15) is 5.11 Å². The minimum absolute atomic E-state index is 0.518. The summed E-state index contributed by atoms with van der Waals surface area (Å²) >= 11 is 7.84. The van der Waals surface area contributed by atoms with Gasteiger partial charge in [0.05, 0.1) is 11.1 Å². The highest BCUT2D eigenvalue weighted by molar-refractivity contribution is 7.99. The van der Waals surface area contributed by atoms with Gasteiger partial charge >= 0.3 is 0 Å². The Labute approximate surface area is 132 Å². The van der Waals surface area contributed by atoms with Crippen LogP contribution in [0.4, 0.5) is 0 Å². The van der Waals surface area contributed by atoms with E-state index in [0.29, 0.717) is 18.2 Å². The summed E-state index contributed by atoms with van der Waals surface area (Å²) in [6.45, 7) is 2.89. The maximum absolute atomic E-state index is 9.57. The third-order valence-electron chi connectivity index (χ3n) is 3.18. The predicted molar refractivity (Wildman–Crippen MR) is 83.6 cm³/mol. The van der Waals surface area contributed by atoms with Gasteiger partial charge in [-0.3, -0.25) is 0 Å². The van der Waals surface area contributed by atoms with Crippen LogP contribution in [0.25, 0.3) is 0 Å². The lowest BCUT2D eigenvalue weighted by Crippen LogP contribution is -2.15.